The van der Waals surface area contributed by atoms with Crippen LogP contribution in [0.3, 0.4) is 0 Å². The molecule has 8 heteroatoms. The molecule has 2 aromatic rings. The molecule has 2 rings (SSSR count). The number of nitrogens with one attached hydrogen (secondary N) is 1. The summed E-state index contributed by atoms with van der Waals surface area (Å²) in [7, 11) is 0. The third-order valence-electron chi connectivity index (χ3n) is 3.50. The highest BCUT2D eigenvalue weighted by molar-refractivity contribution is 6.34. The minimum atomic E-state index is -0.596. The van der Waals surface area contributed by atoms with Crippen LogP contribution in [0.2, 0.25) is 5.02 Å². The quantitative estimate of drug-likeness (QED) is 0.333. The summed E-state index contributed by atoms with van der Waals surface area (Å²) in [5.41, 5.74) is 0.583. The summed E-state index contributed by atoms with van der Waals surface area (Å²) in [5.74, 6) is -1.01. The second-order valence-electron chi connectivity index (χ2n) is 5.45. The third-order valence-corrected chi connectivity index (χ3v) is 3.81. The minimum Gasteiger partial charge on any atom is -0.462 e. The van der Waals surface area contributed by atoms with Gasteiger partial charge < -0.3 is 10.1 Å². The van der Waals surface area contributed by atoms with Crippen molar-refractivity contribution in [1.29, 1.82) is 0 Å². The Labute approximate surface area is 155 Å². The second kappa shape index (κ2) is 8.96. The fourth-order valence-corrected chi connectivity index (χ4v) is 2.38. The van der Waals surface area contributed by atoms with Crippen LogP contribution in [0.1, 0.15) is 40.5 Å². The Morgan fingerprint density at radius 3 is 2.65 bits per heavy atom. The summed E-state index contributed by atoms with van der Waals surface area (Å²) >= 11 is 5.95. The van der Waals surface area contributed by atoms with E-state index in [0.29, 0.717) is 17.9 Å². The highest BCUT2D eigenvalue weighted by atomic mass is 35.5. The number of esters is 1. The van der Waals surface area contributed by atoms with Crippen LogP contribution in [0.15, 0.2) is 42.5 Å². The van der Waals surface area contributed by atoms with Crippen LogP contribution in [0, 0.1) is 10.1 Å². The highest BCUT2D eigenvalue weighted by Crippen LogP contribution is 2.23. The number of ether oxygens (including phenoxy) is 1. The first-order chi connectivity index (χ1) is 12.4. The predicted molar refractivity (Wildman–Crippen MR) is 97.7 cm³/mol. The van der Waals surface area contributed by atoms with Gasteiger partial charge in [0.05, 0.1) is 27.7 Å². The topological polar surface area (TPSA) is 98.5 Å². The number of benzene rings is 2. The van der Waals surface area contributed by atoms with Crippen LogP contribution in [0.25, 0.3) is 0 Å². The Balaban J connectivity index is 2.11. The molecule has 1 N–H and O–H groups in total. The molecular weight excluding hydrogens is 360 g/mol. The average Bonchev–Trinajstić information content (AvgIpc) is 2.61. The number of non-ortho nitro benzene ring substituents is 1. The number of hydrogen-bond donors (Lipinski definition) is 1. The molecule has 1 amide bonds. The van der Waals surface area contributed by atoms with E-state index in [1.54, 1.807) is 18.2 Å². The SMILES string of the molecule is CCCCOC(=O)c1cccc(NC(=O)c2ccc([N+](=O)[O-])cc2Cl)c1. The fraction of sp³-hybridized carbons (Fsp3) is 0.222. The Kier molecular flexibility index (Phi) is 6.68. The van der Waals surface area contributed by atoms with E-state index >= 15 is 0 Å². The van der Waals surface area contributed by atoms with Crippen molar-refractivity contribution in [3.63, 3.8) is 0 Å². The maximum atomic E-state index is 12.3. The molecule has 2 aromatic carbocycles. The lowest BCUT2D eigenvalue weighted by atomic mass is 10.1. The second-order valence-corrected chi connectivity index (χ2v) is 5.85. The number of hydrogen-bond acceptors (Lipinski definition) is 5. The number of rotatable bonds is 7. The molecule has 0 saturated heterocycles. The van der Waals surface area contributed by atoms with E-state index in [-0.39, 0.29) is 16.3 Å². The maximum absolute atomic E-state index is 12.3. The first-order valence-corrected chi connectivity index (χ1v) is 8.32. The zero-order chi connectivity index (χ0) is 19.1. The van der Waals surface area contributed by atoms with Gasteiger partial charge in [-0.1, -0.05) is 31.0 Å². The lowest BCUT2D eigenvalue weighted by Gasteiger charge is -2.09. The van der Waals surface area contributed by atoms with Crippen molar-refractivity contribution in [2.75, 3.05) is 11.9 Å². The monoisotopic (exact) mass is 376 g/mol. The van der Waals surface area contributed by atoms with E-state index in [1.165, 1.54) is 18.2 Å². The van der Waals surface area contributed by atoms with Crippen LogP contribution in [0.5, 0.6) is 0 Å². The van der Waals surface area contributed by atoms with Gasteiger partial charge in [-0.25, -0.2) is 4.79 Å². The molecule has 0 unspecified atom stereocenters. The molecule has 0 radical (unpaired) electrons. The normalized spacial score (nSPS) is 10.2. The van der Waals surface area contributed by atoms with Gasteiger partial charge in [-0.2, -0.15) is 0 Å². The summed E-state index contributed by atoms with van der Waals surface area (Å²) < 4.78 is 5.13. The molecule has 0 atom stereocenters. The molecule has 0 saturated carbocycles. The molecule has 0 aromatic heterocycles. The Bertz CT molecular complexity index is 838. The van der Waals surface area contributed by atoms with E-state index in [2.05, 4.69) is 5.32 Å². The van der Waals surface area contributed by atoms with E-state index in [1.807, 2.05) is 6.92 Å². The van der Waals surface area contributed by atoms with Gasteiger partial charge in [-0.15, -0.1) is 0 Å². The minimum absolute atomic E-state index is 0.0353. The zero-order valence-corrected chi connectivity index (χ0v) is 14.8. The van der Waals surface area contributed by atoms with E-state index in [0.717, 1.165) is 18.9 Å². The predicted octanol–water partition coefficient (Wildman–Crippen LogP) is 4.46. The molecule has 0 aliphatic carbocycles. The van der Waals surface area contributed by atoms with Gasteiger partial charge in [-0.05, 0) is 30.7 Å². The van der Waals surface area contributed by atoms with Gasteiger partial charge in [-0.3, -0.25) is 14.9 Å². The molecule has 0 aliphatic heterocycles. The van der Waals surface area contributed by atoms with E-state index in [4.69, 9.17) is 16.3 Å². The summed E-state index contributed by atoms with van der Waals surface area (Å²) in [6.07, 6.45) is 1.69. The van der Waals surface area contributed by atoms with Crippen molar-refractivity contribution in [2.24, 2.45) is 0 Å². The molecular formula is C18H17ClN2O5. The van der Waals surface area contributed by atoms with E-state index < -0.39 is 16.8 Å². The number of halogens is 1. The number of carbonyl (C=O) groups excluding carboxylic acids is 2. The molecule has 0 aliphatic rings. The van der Waals surface area contributed by atoms with Gasteiger partial charge in [0.1, 0.15) is 0 Å². The smallest absolute Gasteiger partial charge is 0.338 e. The Morgan fingerprint density at radius 2 is 2.00 bits per heavy atom. The number of carbonyl (C=O) groups is 2. The largest absolute Gasteiger partial charge is 0.462 e. The summed E-state index contributed by atoms with van der Waals surface area (Å²) in [4.78, 5) is 34.4. The number of nitrogens with zero attached hydrogens (tertiary/aromatic N) is 1. The highest BCUT2D eigenvalue weighted by Gasteiger charge is 2.16. The summed E-state index contributed by atoms with van der Waals surface area (Å²) in [6.45, 7) is 2.33. The van der Waals surface area contributed by atoms with Crippen LogP contribution >= 0.6 is 11.6 Å². The van der Waals surface area contributed by atoms with Gasteiger partial charge in [0.2, 0.25) is 0 Å². The fourth-order valence-electron chi connectivity index (χ4n) is 2.12. The lowest BCUT2D eigenvalue weighted by Crippen LogP contribution is -2.13. The van der Waals surface area contributed by atoms with Crippen molar-refractivity contribution in [1.82, 2.24) is 0 Å². The van der Waals surface area contributed by atoms with Crippen molar-refractivity contribution in [3.8, 4) is 0 Å². The van der Waals surface area contributed by atoms with E-state index in [9.17, 15) is 19.7 Å². The Morgan fingerprint density at radius 1 is 1.23 bits per heavy atom. The molecule has 0 bridgehead atoms. The summed E-state index contributed by atoms with van der Waals surface area (Å²) in [5, 5.41) is 13.3. The van der Waals surface area contributed by atoms with Crippen LogP contribution in [0.4, 0.5) is 11.4 Å². The first-order valence-electron chi connectivity index (χ1n) is 7.95. The number of unbranched alkanes of at least 4 members (excludes halogenated alkanes) is 1. The molecule has 0 fully saturated rings. The first kappa shape index (κ1) is 19.4. The van der Waals surface area contributed by atoms with Crippen LogP contribution < -0.4 is 5.32 Å². The molecule has 26 heavy (non-hydrogen) atoms. The Hall–Kier alpha value is -2.93. The summed E-state index contributed by atoms with van der Waals surface area (Å²) in [6, 6.07) is 9.89. The average molecular weight is 377 g/mol. The van der Waals surface area contributed by atoms with Gasteiger partial charge >= 0.3 is 5.97 Å². The molecule has 7 nitrogen and oxygen atoms in total. The lowest BCUT2D eigenvalue weighted by molar-refractivity contribution is -0.384. The number of nitro benzene ring substituents is 1. The number of nitro groups is 1. The standard InChI is InChI=1S/C18H17ClN2O5/c1-2-3-9-26-18(23)12-5-4-6-13(10-12)20-17(22)15-8-7-14(21(24)25)11-16(15)19/h4-8,10-11H,2-3,9H2,1H3,(H,20,22). The maximum Gasteiger partial charge on any atom is 0.338 e. The molecule has 0 heterocycles. The van der Waals surface area contributed by atoms with Crippen LogP contribution in [-0.4, -0.2) is 23.4 Å². The van der Waals surface area contributed by atoms with Gasteiger partial charge in [0.25, 0.3) is 11.6 Å². The zero-order valence-electron chi connectivity index (χ0n) is 14.0. The van der Waals surface area contributed by atoms with Crippen molar-refractivity contribution in [2.45, 2.75) is 19.8 Å². The van der Waals surface area contributed by atoms with Gasteiger partial charge in [0.15, 0.2) is 0 Å². The van der Waals surface area contributed by atoms with Crippen molar-refractivity contribution < 1.29 is 19.2 Å². The van der Waals surface area contributed by atoms with Crippen molar-refractivity contribution >= 4 is 34.9 Å². The molecule has 136 valence electrons. The number of anilines is 1. The van der Waals surface area contributed by atoms with Crippen LogP contribution in [-0.2, 0) is 4.74 Å². The number of amides is 1. The third kappa shape index (κ3) is 5.03. The van der Waals surface area contributed by atoms with Crippen molar-refractivity contribution in [3.05, 3.63) is 68.7 Å². The van der Waals surface area contributed by atoms with Gasteiger partial charge in [0, 0.05) is 17.8 Å². The molecule has 0 spiro atoms.